The van der Waals surface area contributed by atoms with Crippen LogP contribution < -0.4 is 26.6 Å². The standard InChI is InChI=1S/C21H36ClN9O3/c1-4-7-31(11-14(2)8-25-13-27-33)17-5-6-24-10-16(17)28-21(32)18(19(23)29-34)20-26-9-15(22)12-30(20)3/h5-6,10,14-15,18-20,25-26H,4,7-9,11-13,23H2,1-3H3,(H,28,32). The van der Waals surface area contributed by atoms with Gasteiger partial charge in [-0.15, -0.1) is 21.4 Å². The lowest BCUT2D eigenvalue weighted by Crippen LogP contribution is -2.62. The summed E-state index contributed by atoms with van der Waals surface area (Å²) in [7, 11) is 1.82. The van der Waals surface area contributed by atoms with Crippen molar-refractivity contribution in [2.75, 3.05) is 56.7 Å². The molecule has 0 radical (unpaired) electrons. The van der Waals surface area contributed by atoms with Crippen LogP contribution in [0.25, 0.3) is 0 Å². The average molecular weight is 498 g/mol. The van der Waals surface area contributed by atoms with Crippen molar-refractivity contribution in [1.29, 1.82) is 0 Å². The number of nitrogens with one attached hydrogen (secondary N) is 3. The van der Waals surface area contributed by atoms with E-state index in [0.29, 0.717) is 31.9 Å². The van der Waals surface area contributed by atoms with Crippen molar-refractivity contribution in [1.82, 2.24) is 20.5 Å². The molecule has 1 aliphatic rings. The number of nitroso groups, excluding NO2 is 2. The smallest absolute Gasteiger partial charge is 0.234 e. The molecule has 0 aromatic carbocycles. The van der Waals surface area contributed by atoms with E-state index in [-0.39, 0.29) is 18.0 Å². The van der Waals surface area contributed by atoms with Gasteiger partial charge in [-0.2, -0.15) is 0 Å². The second-order valence-corrected chi connectivity index (χ2v) is 9.30. The maximum atomic E-state index is 13.4. The topological polar surface area (TPSA) is 157 Å². The van der Waals surface area contributed by atoms with Gasteiger partial charge in [-0.05, 0) is 25.5 Å². The zero-order chi connectivity index (χ0) is 25.1. The third-order valence-electron chi connectivity index (χ3n) is 5.73. The van der Waals surface area contributed by atoms with Gasteiger partial charge in [-0.25, -0.2) is 0 Å². The van der Waals surface area contributed by atoms with Crippen LogP contribution in [0.15, 0.2) is 28.8 Å². The first-order chi connectivity index (χ1) is 16.3. The van der Waals surface area contributed by atoms with Gasteiger partial charge in [0.05, 0.1) is 29.1 Å². The van der Waals surface area contributed by atoms with E-state index in [1.807, 2.05) is 18.0 Å². The summed E-state index contributed by atoms with van der Waals surface area (Å²) in [5, 5.41) is 14.8. The van der Waals surface area contributed by atoms with Crippen LogP contribution in [0.1, 0.15) is 20.3 Å². The van der Waals surface area contributed by atoms with E-state index in [1.165, 1.54) is 0 Å². The number of pyridine rings is 1. The molecule has 1 amide bonds. The summed E-state index contributed by atoms with van der Waals surface area (Å²) in [5.74, 6) is -1.14. The van der Waals surface area contributed by atoms with Crippen LogP contribution in [0.3, 0.4) is 0 Å². The second kappa shape index (κ2) is 14.2. The summed E-state index contributed by atoms with van der Waals surface area (Å²) in [6, 6.07) is 1.84. The molecule has 1 aliphatic heterocycles. The molecule has 2 heterocycles. The van der Waals surface area contributed by atoms with Crippen molar-refractivity contribution in [3.63, 3.8) is 0 Å². The monoisotopic (exact) mass is 497 g/mol. The Bertz CT molecular complexity index is 803. The second-order valence-electron chi connectivity index (χ2n) is 8.69. The molecule has 5 unspecified atom stereocenters. The number of alkyl halides is 1. The number of carbonyl (C=O) groups excluding carboxylic acids is 1. The minimum atomic E-state index is -1.24. The maximum Gasteiger partial charge on any atom is 0.234 e. The Balaban J connectivity index is 2.23. The largest absolute Gasteiger partial charge is 0.369 e. The molecule has 1 aromatic heterocycles. The van der Waals surface area contributed by atoms with Gasteiger partial charge < -0.3 is 16.0 Å². The van der Waals surface area contributed by atoms with Gasteiger partial charge in [0.15, 0.2) is 6.17 Å². The third kappa shape index (κ3) is 7.91. The first-order valence-corrected chi connectivity index (χ1v) is 11.9. The van der Waals surface area contributed by atoms with Gasteiger partial charge in [-0.3, -0.25) is 25.3 Å². The van der Waals surface area contributed by atoms with Gasteiger partial charge in [0.25, 0.3) is 0 Å². The highest BCUT2D eigenvalue weighted by Crippen LogP contribution is 2.27. The van der Waals surface area contributed by atoms with E-state index in [9.17, 15) is 14.6 Å². The quantitative estimate of drug-likeness (QED) is 0.169. The van der Waals surface area contributed by atoms with Crippen LogP contribution in [0.2, 0.25) is 0 Å². The third-order valence-corrected chi connectivity index (χ3v) is 6.03. The molecule has 0 aliphatic carbocycles. The molecule has 0 saturated carbocycles. The number of amides is 1. The minimum absolute atomic E-state index is 0.0647. The summed E-state index contributed by atoms with van der Waals surface area (Å²) < 4.78 is 0. The Morgan fingerprint density at radius 2 is 2.24 bits per heavy atom. The molecule has 190 valence electrons. The Morgan fingerprint density at radius 1 is 1.47 bits per heavy atom. The molecule has 0 bridgehead atoms. The van der Waals surface area contributed by atoms with Crippen molar-refractivity contribution in [3.8, 4) is 0 Å². The molecule has 34 heavy (non-hydrogen) atoms. The van der Waals surface area contributed by atoms with E-state index in [2.05, 4.69) is 50.0 Å². The maximum absolute atomic E-state index is 13.4. The van der Waals surface area contributed by atoms with Crippen LogP contribution in [0.4, 0.5) is 11.4 Å². The zero-order valence-electron chi connectivity index (χ0n) is 20.0. The van der Waals surface area contributed by atoms with Gasteiger partial charge in [-0.1, -0.05) is 24.2 Å². The van der Waals surface area contributed by atoms with Crippen LogP contribution in [0.5, 0.6) is 0 Å². The van der Waals surface area contributed by atoms with Crippen LogP contribution in [-0.2, 0) is 4.79 Å². The van der Waals surface area contributed by atoms with E-state index in [0.717, 1.165) is 18.7 Å². The van der Waals surface area contributed by atoms with E-state index >= 15 is 0 Å². The summed E-state index contributed by atoms with van der Waals surface area (Å²) in [6.07, 6.45) is 2.41. The van der Waals surface area contributed by atoms with Crippen molar-refractivity contribution in [2.24, 2.45) is 27.9 Å². The number of hydrogen-bond acceptors (Lipinski definition) is 11. The predicted molar refractivity (Wildman–Crippen MR) is 135 cm³/mol. The molecule has 5 N–H and O–H groups in total. The molecule has 0 spiro atoms. The predicted octanol–water partition coefficient (Wildman–Crippen LogP) is 1.32. The molecular formula is C21H36ClN9O3. The van der Waals surface area contributed by atoms with Crippen LogP contribution in [-0.4, -0.2) is 79.9 Å². The number of anilines is 2. The zero-order valence-corrected chi connectivity index (χ0v) is 20.7. The molecule has 12 nitrogen and oxygen atoms in total. The highest BCUT2D eigenvalue weighted by atomic mass is 35.5. The Morgan fingerprint density at radius 3 is 2.88 bits per heavy atom. The lowest BCUT2D eigenvalue weighted by molar-refractivity contribution is -0.123. The number of carbonyl (C=O) groups is 1. The van der Waals surface area contributed by atoms with Crippen molar-refractivity contribution >= 4 is 28.9 Å². The van der Waals surface area contributed by atoms with Gasteiger partial charge >= 0.3 is 0 Å². The molecule has 5 atom stereocenters. The summed E-state index contributed by atoms with van der Waals surface area (Å²) in [5.41, 5.74) is 7.30. The van der Waals surface area contributed by atoms with Crippen molar-refractivity contribution < 1.29 is 4.79 Å². The van der Waals surface area contributed by atoms with Crippen molar-refractivity contribution in [2.45, 2.75) is 38.0 Å². The Hall–Kier alpha value is -2.25. The lowest BCUT2D eigenvalue weighted by Gasteiger charge is -2.40. The van der Waals surface area contributed by atoms with Gasteiger partial charge in [0.2, 0.25) is 5.91 Å². The van der Waals surface area contributed by atoms with Gasteiger partial charge in [0, 0.05) is 38.9 Å². The Labute approximate surface area is 205 Å². The number of rotatable bonds is 14. The molecule has 1 aromatic rings. The Kier molecular flexibility index (Phi) is 11.7. The first kappa shape index (κ1) is 28.0. The van der Waals surface area contributed by atoms with Crippen molar-refractivity contribution in [3.05, 3.63) is 28.3 Å². The number of nitrogens with two attached hydrogens (primary N) is 1. The minimum Gasteiger partial charge on any atom is -0.369 e. The van der Waals surface area contributed by atoms with E-state index in [4.69, 9.17) is 17.3 Å². The lowest BCUT2D eigenvalue weighted by atomic mass is 9.98. The summed E-state index contributed by atoms with van der Waals surface area (Å²) in [6.45, 7) is 7.31. The number of aromatic nitrogens is 1. The van der Waals surface area contributed by atoms with E-state index in [1.54, 1.807) is 12.4 Å². The fraction of sp³-hybridized carbons (Fsp3) is 0.714. The van der Waals surface area contributed by atoms with Crippen LogP contribution in [0, 0.1) is 21.6 Å². The van der Waals surface area contributed by atoms with Crippen LogP contribution >= 0.6 is 11.6 Å². The normalized spacial score (nSPS) is 21.3. The average Bonchev–Trinajstić information content (AvgIpc) is 2.80. The molecule has 1 fully saturated rings. The highest BCUT2D eigenvalue weighted by molar-refractivity contribution is 6.21. The fourth-order valence-corrected chi connectivity index (χ4v) is 4.51. The number of nitrogens with zero attached hydrogens (tertiary/aromatic N) is 5. The molecule has 2 rings (SSSR count). The fourth-order valence-electron chi connectivity index (χ4n) is 4.20. The first-order valence-electron chi connectivity index (χ1n) is 11.5. The number of halogens is 1. The molecule has 13 heteroatoms. The molecular weight excluding hydrogens is 462 g/mol. The SMILES string of the molecule is CCCN(CC(C)CNCN=O)c1ccncc1NC(=O)C(C(N)N=O)C1NCC(Cl)CN1C. The number of hydrogen-bond donors (Lipinski definition) is 4. The molecule has 1 saturated heterocycles. The van der Waals surface area contributed by atoms with E-state index < -0.39 is 24.2 Å². The summed E-state index contributed by atoms with van der Waals surface area (Å²) in [4.78, 5) is 43.3. The highest BCUT2D eigenvalue weighted by Gasteiger charge is 2.40. The van der Waals surface area contributed by atoms with Gasteiger partial charge in [0.1, 0.15) is 12.6 Å². The summed E-state index contributed by atoms with van der Waals surface area (Å²) >= 11 is 6.21.